The number of unbranched alkanes of at least 4 members (excludes halogenated alkanes) is 1. The Morgan fingerprint density at radius 1 is 1.37 bits per heavy atom. The van der Waals surface area contributed by atoms with Gasteiger partial charge >= 0.3 is 10.0 Å². The summed E-state index contributed by atoms with van der Waals surface area (Å²) in [6.07, 6.45) is 4.84. The van der Waals surface area contributed by atoms with E-state index in [1.807, 2.05) is 0 Å². The van der Waals surface area contributed by atoms with E-state index in [0.29, 0.717) is 6.26 Å². The van der Waals surface area contributed by atoms with Gasteiger partial charge in [0.25, 0.3) is 5.84 Å². The zero-order valence-electron chi connectivity index (χ0n) is 10.8. The van der Waals surface area contributed by atoms with Crippen molar-refractivity contribution in [2.75, 3.05) is 0 Å². The van der Waals surface area contributed by atoms with Crippen LogP contribution in [0.3, 0.4) is 0 Å². The summed E-state index contributed by atoms with van der Waals surface area (Å²) in [5.41, 5.74) is 6.49. The van der Waals surface area contributed by atoms with Crippen LogP contribution in [-0.4, -0.2) is 19.4 Å². The maximum Gasteiger partial charge on any atom is 0.328 e. The van der Waals surface area contributed by atoms with E-state index in [1.165, 1.54) is 0 Å². The van der Waals surface area contributed by atoms with E-state index in [-0.39, 0.29) is 10.7 Å². The third kappa shape index (κ3) is 4.75. The smallest absolute Gasteiger partial charge is 0.328 e. The maximum absolute atomic E-state index is 11.9. The molecule has 0 heterocycles. The van der Waals surface area contributed by atoms with Crippen molar-refractivity contribution in [3.63, 3.8) is 0 Å². The van der Waals surface area contributed by atoms with Crippen molar-refractivity contribution in [3.05, 3.63) is 42.2 Å². The first kappa shape index (κ1) is 15.2. The summed E-state index contributed by atoms with van der Waals surface area (Å²) in [4.78, 5) is 0.141. The second kappa shape index (κ2) is 6.94. The first-order valence-corrected chi connectivity index (χ1v) is 7.53. The Morgan fingerprint density at radius 3 is 2.53 bits per heavy atom. The van der Waals surface area contributed by atoms with Crippen LogP contribution in [0.25, 0.3) is 0 Å². The van der Waals surface area contributed by atoms with E-state index < -0.39 is 10.0 Å². The molecular weight excluding hydrogens is 264 g/mol. The number of nitrogens with two attached hydrogens (primary N) is 1. The molecule has 19 heavy (non-hydrogen) atoms. The molecule has 0 radical (unpaired) electrons. The molecule has 0 fully saturated rings. The zero-order chi connectivity index (χ0) is 14.3. The van der Waals surface area contributed by atoms with E-state index in [4.69, 9.17) is 10.8 Å². The Hall–Kier alpha value is -1.82. The number of nitrogens with one attached hydrogen (secondary N) is 1. The van der Waals surface area contributed by atoms with E-state index >= 15 is 0 Å². The molecule has 0 aliphatic rings. The molecular formula is C13H19N2O3S+. The van der Waals surface area contributed by atoms with Crippen LogP contribution in [0, 0.1) is 0 Å². The van der Waals surface area contributed by atoms with Gasteiger partial charge in [0.2, 0.25) is 0 Å². The van der Waals surface area contributed by atoms with Gasteiger partial charge in [-0.3, -0.25) is 5.73 Å². The molecule has 0 bridgehead atoms. The Kier molecular flexibility index (Phi) is 5.57. The zero-order valence-corrected chi connectivity index (χ0v) is 11.7. The van der Waals surface area contributed by atoms with Gasteiger partial charge in [0, 0.05) is 0 Å². The lowest BCUT2D eigenvalue weighted by atomic mass is 10.1. The average Bonchev–Trinajstić information content (AvgIpc) is 2.36. The van der Waals surface area contributed by atoms with Crippen LogP contribution >= 0.6 is 0 Å². The quantitative estimate of drug-likeness (QED) is 0.396. The first-order chi connectivity index (χ1) is 8.99. The topological polar surface area (TPSA) is 94.4 Å². The molecule has 0 unspecified atom stereocenters. The van der Waals surface area contributed by atoms with E-state index in [9.17, 15) is 8.42 Å². The van der Waals surface area contributed by atoms with Crippen LogP contribution in [0.1, 0.15) is 25.3 Å². The number of hydrogen-bond acceptors (Lipinski definition) is 3. The minimum absolute atomic E-state index is 0.141. The van der Waals surface area contributed by atoms with Gasteiger partial charge < -0.3 is 5.11 Å². The number of aliphatic hydroxyl groups is 1. The van der Waals surface area contributed by atoms with Gasteiger partial charge in [0.15, 0.2) is 0 Å². The highest BCUT2D eigenvalue weighted by molar-refractivity contribution is 7.84. The van der Waals surface area contributed by atoms with Crippen LogP contribution in [0.2, 0.25) is 0 Å². The van der Waals surface area contributed by atoms with Crippen molar-refractivity contribution in [1.29, 1.82) is 0 Å². The summed E-state index contributed by atoms with van der Waals surface area (Å²) in [5.74, 6) is -0.141. The fraction of sp³-hybridized carbons (Fsp3) is 0.308. The number of aliphatic hydroxyl groups excluding tert-OH is 1. The number of hydrogen-bond donors (Lipinski definition) is 3. The molecule has 0 amide bonds. The van der Waals surface area contributed by atoms with Gasteiger partial charge in [0.05, 0.1) is 12.3 Å². The number of sulfonamides is 1. The fourth-order valence-electron chi connectivity index (χ4n) is 1.54. The largest absolute Gasteiger partial charge is 0.515 e. The van der Waals surface area contributed by atoms with Gasteiger partial charge in [-0.1, -0.05) is 25.5 Å². The highest BCUT2D eigenvalue weighted by Gasteiger charge is 2.15. The molecule has 0 spiro atoms. The summed E-state index contributed by atoms with van der Waals surface area (Å²) in [6.45, 7) is 2.11. The minimum Gasteiger partial charge on any atom is -0.515 e. The second-order valence-electron chi connectivity index (χ2n) is 4.12. The second-order valence-corrected chi connectivity index (χ2v) is 5.81. The van der Waals surface area contributed by atoms with Crippen molar-refractivity contribution in [2.24, 2.45) is 5.73 Å². The predicted octanol–water partition coefficient (Wildman–Crippen LogP) is 0.227. The molecule has 1 aromatic rings. The summed E-state index contributed by atoms with van der Waals surface area (Å²) in [7, 11) is -3.69. The molecule has 0 saturated carbocycles. The van der Waals surface area contributed by atoms with Gasteiger partial charge in [-0.25, -0.2) is 0 Å². The molecule has 0 aromatic heterocycles. The number of benzene rings is 1. The van der Waals surface area contributed by atoms with Crippen molar-refractivity contribution >= 4 is 15.9 Å². The molecule has 0 aliphatic carbocycles. The highest BCUT2D eigenvalue weighted by atomic mass is 32.2. The normalized spacial score (nSPS) is 13.0. The highest BCUT2D eigenvalue weighted by Crippen LogP contribution is 2.10. The third-order valence-electron chi connectivity index (χ3n) is 2.56. The molecule has 1 aromatic carbocycles. The van der Waals surface area contributed by atoms with Crippen molar-refractivity contribution < 1.29 is 17.9 Å². The molecule has 0 saturated heterocycles. The van der Waals surface area contributed by atoms with E-state index in [2.05, 4.69) is 11.3 Å². The lowest BCUT2D eigenvalue weighted by molar-refractivity contribution is -0.267. The first-order valence-electron chi connectivity index (χ1n) is 6.04. The van der Waals surface area contributed by atoms with Crippen LogP contribution in [0.4, 0.5) is 0 Å². The fourth-order valence-corrected chi connectivity index (χ4v) is 2.54. The van der Waals surface area contributed by atoms with Crippen molar-refractivity contribution in [2.45, 2.75) is 31.1 Å². The van der Waals surface area contributed by atoms with Crippen LogP contribution < -0.4 is 10.1 Å². The Balaban J connectivity index is 2.94. The molecule has 0 aliphatic heterocycles. The van der Waals surface area contributed by atoms with Crippen LogP contribution in [0.5, 0.6) is 0 Å². The maximum atomic E-state index is 11.9. The number of amidine groups is 1. The monoisotopic (exact) mass is 283 g/mol. The van der Waals surface area contributed by atoms with E-state index in [0.717, 1.165) is 30.9 Å². The SMILES string of the molecule is CCCCc1ccc(S(=O)(=O)/[NH+]=C(N)\C=C/O)cc1. The van der Waals surface area contributed by atoms with Crippen molar-refractivity contribution in [3.8, 4) is 0 Å². The van der Waals surface area contributed by atoms with Crippen LogP contribution in [0.15, 0.2) is 41.5 Å². The summed E-state index contributed by atoms with van der Waals surface area (Å²) in [6, 6.07) is 6.68. The summed E-state index contributed by atoms with van der Waals surface area (Å²) in [5, 5.41) is 8.51. The third-order valence-corrected chi connectivity index (χ3v) is 3.96. The predicted molar refractivity (Wildman–Crippen MR) is 74.2 cm³/mol. The molecule has 0 atom stereocenters. The number of aryl methyl sites for hydroxylation is 1. The summed E-state index contributed by atoms with van der Waals surface area (Å²) >= 11 is 0. The van der Waals surface area contributed by atoms with Gasteiger partial charge in [-0.2, -0.15) is 12.8 Å². The Morgan fingerprint density at radius 2 is 2.00 bits per heavy atom. The minimum atomic E-state index is -3.69. The van der Waals surface area contributed by atoms with Gasteiger partial charge in [-0.05, 0) is 30.5 Å². The van der Waals surface area contributed by atoms with E-state index in [1.54, 1.807) is 24.3 Å². The van der Waals surface area contributed by atoms with Crippen LogP contribution in [-0.2, 0) is 16.4 Å². The molecule has 6 heteroatoms. The number of rotatable bonds is 6. The van der Waals surface area contributed by atoms with Crippen molar-refractivity contribution in [1.82, 2.24) is 0 Å². The Bertz CT molecular complexity index is 560. The molecule has 1 rings (SSSR count). The lowest BCUT2D eigenvalue weighted by Gasteiger charge is -2.01. The average molecular weight is 283 g/mol. The van der Waals surface area contributed by atoms with Gasteiger partial charge in [-0.15, -0.1) is 0 Å². The Labute approximate surface area is 113 Å². The molecule has 4 N–H and O–H groups in total. The lowest BCUT2D eigenvalue weighted by Crippen LogP contribution is -2.78. The summed E-state index contributed by atoms with van der Waals surface area (Å²) < 4.78 is 26.0. The molecule has 104 valence electrons. The standard InChI is InChI=1S/C13H18N2O3S/c1-2-3-4-11-5-7-12(8-6-11)19(17,18)15-13(14)9-10-16/h5-10,16H,2-4H2,1H3,(H2,14,15)/p+1/b10-9-. The molecule has 5 nitrogen and oxygen atoms in total. The van der Waals surface area contributed by atoms with Gasteiger partial charge in [0.1, 0.15) is 4.90 Å².